The standard InChI is InChI=1S/C9H10N4O3/c1-16-9(15)6-3-2-4-7(14)8(6)13-5-10-11-12-13/h2-4,8H,5H2,1H3,(H,10,12). The number of ketones is 1. The number of nitrogens with zero attached hydrogens (tertiary/aromatic N) is 3. The van der Waals surface area contributed by atoms with Crippen molar-refractivity contribution in [2.24, 2.45) is 10.3 Å². The predicted molar refractivity (Wildman–Crippen MR) is 52.7 cm³/mol. The second-order valence-corrected chi connectivity index (χ2v) is 3.23. The number of hydrogen-bond acceptors (Lipinski definition) is 7. The largest absolute Gasteiger partial charge is 0.466 e. The van der Waals surface area contributed by atoms with Crippen LogP contribution in [0.15, 0.2) is 34.1 Å². The van der Waals surface area contributed by atoms with Crippen LogP contribution in [0.1, 0.15) is 0 Å². The van der Waals surface area contributed by atoms with Crippen molar-refractivity contribution in [2.45, 2.75) is 6.04 Å². The molecule has 0 aromatic rings. The van der Waals surface area contributed by atoms with Crippen LogP contribution in [-0.4, -0.2) is 36.6 Å². The molecule has 1 heterocycles. The van der Waals surface area contributed by atoms with E-state index in [2.05, 4.69) is 20.6 Å². The van der Waals surface area contributed by atoms with Gasteiger partial charge in [-0.15, -0.1) is 0 Å². The number of rotatable bonds is 2. The number of allylic oxidation sites excluding steroid dienone is 2. The van der Waals surface area contributed by atoms with E-state index in [1.165, 1.54) is 24.3 Å². The SMILES string of the molecule is COC(=O)C1=CC=CC(=O)C1N1CN=NN1. The fourth-order valence-electron chi connectivity index (χ4n) is 1.56. The molecular formula is C9H10N4O3. The molecule has 1 atom stereocenters. The Labute approximate surface area is 91.4 Å². The Balaban J connectivity index is 2.25. The van der Waals surface area contributed by atoms with Crippen LogP contribution < -0.4 is 5.53 Å². The predicted octanol–water partition coefficient (Wildman–Crippen LogP) is -0.262. The van der Waals surface area contributed by atoms with E-state index in [1.54, 1.807) is 6.08 Å². The minimum absolute atomic E-state index is 0.206. The van der Waals surface area contributed by atoms with E-state index < -0.39 is 12.0 Å². The fraction of sp³-hybridized carbons (Fsp3) is 0.333. The molecule has 1 unspecified atom stereocenters. The molecule has 2 rings (SSSR count). The van der Waals surface area contributed by atoms with Crippen molar-refractivity contribution in [1.82, 2.24) is 10.5 Å². The highest BCUT2D eigenvalue weighted by atomic mass is 16.5. The Morgan fingerprint density at radius 2 is 2.50 bits per heavy atom. The average molecular weight is 222 g/mol. The van der Waals surface area contributed by atoms with Crippen LogP contribution >= 0.6 is 0 Å². The molecule has 0 aromatic heterocycles. The molecular weight excluding hydrogens is 212 g/mol. The molecule has 84 valence electrons. The van der Waals surface area contributed by atoms with Crippen molar-refractivity contribution in [3.8, 4) is 0 Å². The number of esters is 1. The van der Waals surface area contributed by atoms with Gasteiger partial charge >= 0.3 is 5.97 Å². The van der Waals surface area contributed by atoms with Gasteiger partial charge in [-0.2, -0.15) is 10.1 Å². The first-order valence-electron chi connectivity index (χ1n) is 4.63. The molecule has 7 nitrogen and oxygen atoms in total. The van der Waals surface area contributed by atoms with Gasteiger partial charge in [0.15, 0.2) is 5.78 Å². The number of hydrogen-bond donors (Lipinski definition) is 1. The lowest BCUT2D eigenvalue weighted by Gasteiger charge is -2.25. The second kappa shape index (κ2) is 4.23. The van der Waals surface area contributed by atoms with Crippen molar-refractivity contribution in [3.05, 3.63) is 23.8 Å². The van der Waals surface area contributed by atoms with E-state index in [1.807, 2.05) is 0 Å². The quantitative estimate of drug-likeness (QED) is 0.651. The van der Waals surface area contributed by atoms with Gasteiger partial charge in [-0.3, -0.25) is 4.79 Å². The summed E-state index contributed by atoms with van der Waals surface area (Å²) in [5, 5.41) is 8.68. The van der Waals surface area contributed by atoms with Gasteiger partial charge in [0.2, 0.25) is 0 Å². The highest BCUT2D eigenvalue weighted by molar-refractivity contribution is 6.06. The minimum atomic E-state index is -0.729. The summed E-state index contributed by atoms with van der Waals surface area (Å²) >= 11 is 0. The summed E-state index contributed by atoms with van der Waals surface area (Å²) in [6.45, 7) is 0.221. The summed E-state index contributed by atoms with van der Waals surface area (Å²) in [6, 6.07) is -0.729. The summed E-state index contributed by atoms with van der Waals surface area (Å²) in [7, 11) is 1.27. The zero-order valence-corrected chi connectivity index (χ0v) is 8.58. The summed E-state index contributed by atoms with van der Waals surface area (Å²) in [5.41, 5.74) is 2.83. The maximum absolute atomic E-state index is 11.7. The molecule has 0 aromatic carbocycles. The van der Waals surface area contributed by atoms with Crippen LogP contribution in [0, 0.1) is 0 Å². The zero-order valence-electron chi connectivity index (χ0n) is 8.58. The van der Waals surface area contributed by atoms with Gasteiger partial charge in [-0.25, -0.2) is 10.3 Å². The van der Waals surface area contributed by atoms with Crippen LogP contribution in [0.2, 0.25) is 0 Å². The average Bonchev–Trinajstić information content (AvgIpc) is 2.81. The normalized spacial score (nSPS) is 24.2. The first-order valence-corrected chi connectivity index (χ1v) is 4.63. The lowest BCUT2D eigenvalue weighted by atomic mass is 9.97. The van der Waals surface area contributed by atoms with Gasteiger partial charge in [0.1, 0.15) is 12.7 Å². The van der Waals surface area contributed by atoms with Crippen LogP contribution in [0.5, 0.6) is 0 Å². The molecule has 0 amide bonds. The Morgan fingerprint density at radius 3 is 3.12 bits per heavy atom. The molecule has 1 aliphatic carbocycles. The highest BCUT2D eigenvalue weighted by Crippen LogP contribution is 2.18. The maximum atomic E-state index is 11.7. The smallest absolute Gasteiger partial charge is 0.335 e. The van der Waals surface area contributed by atoms with E-state index in [9.17, 15) is 9.59 Å². The van der Waals surface area contributed by atoms with Crippen LogP contribution in [0.3, 0.4) is 0 Å². The third kappa shape index (κ3) is 1.72. The number of ether oxygens (including phenoxy) is 1. The number of methoxy groups -OCH3 is 1. The van der Waals surface area contributed by atoms with E-state index in [0.29, 0.717) is 0 Å². The van der Waals surface area contributed by atoms with E-state index in [4.69, 9.17) is 0 Å². The number of hydrazine groups is 1. The van der Waals surface area contributed by atoms with Gasteiger partial charge in [-0.05, 0) is 12.2 Å². The summed E-state index contributed by atoms with van der Waals surface area (Å²) in [4.78, 5) is 23.2. The van der Waals surface area contributed by atoms with Gasteiger partial charge in [0, 0.05) is 0 Å². The first kappa shape index (κ1) is 10.5. The van der Waals surface area contributed by atoms with Crippen LogP contribution in [0.4, 0.5) is 0 Å². The fourth-order valence-corrected chi connectivity index (χ4v) is 1.56. The van der Waals surface area contributed by atoms with Crippen LogP contribution in [-0.2, 0) is 14.3 Å². The van der Waals surface area contributed by atoms with E-state index >= 15 is 0 Å². The Kier molecular flexibility index (Phi) is 2.78. The lowest BCUT2D eigenvalue weighted by molar-refractivity contribution is -0.138. The lowest BCUT2D eigenvalue weighted by Crippen LogP contribution is -2.48. The molecule has 7 heteroatoms. The monoisotopic (exact) mass is 222 g/mol. The molecule has 0 fully saturated rings. The first-order chi connectivity index (χ1) is 7.74. The molecule has 0 radical (unpaired) electrons. The van der Waals surface area contributed by atoms with Crippen molar-refractivity contribution in [2.75, 3.05) is 13.8 Å². The second-order valence-electron chi connectivity index (χ2n) is 3.23. The maximum Gasteiger partial charge on any atom is 0.335 e. The van der Waals surface area contributed by atoms with Crippen molar-refractivity contribution < 1.29 is 14.3 Å². The third-order valence-corrected chi connectivity index (χ3v) is 2.29. The summed E-state index contributed by atoms with van der Waals surface area (Å²) in [5.74, 6) is -0.737. The van der Waals surface area contributed by atoms with Gasteiger partial charge < -0.3 is 4.74 Å². The van der Waals surface area contributed by atoms with Gasteiger partial charge in [0.05, 0.1) is 12.7 Å². The molecule has 1 N–H and O–H groups in total. The minimum Gasteiger partial charge on any atom is -0.466 e. The molecule has 0 saturated heterocycles. The van der Waals surface area contributed by atoms with Crippen molar-refractivity contribution >= 4 is 11.8 Å². The topological polar surface area (TPSA) is 83.4 Å². The molecule has 16 heavy (non-hydrogen) atoms. The number of carbonyl (C=O) groups is 2. The van der Waals surface area contributed by atoms with Crippen molar-refractivity contribution in [1.29, 1.82) is 0 Å². The van der Waals surface area contributed by atoms with Gasteiger partial charge in [-0.1, -0.05) is 11.3 Å². The zero-order chi connectivity index (χ0) is 11.5. The third-order valence-electron chi connectivity index (χ3n) is 2.29. The van der Waals surface area contributed by atoms with E-state index in [0.717, 1.165) is 0 Å². The molecule has 0 spiro atoms. The molecule has 1 aliphatic heterocycles. The summed E-state index contributed by atoms with van der Waals surface area (Å²) < 4.78 is 4.62. The van der Waals surface area contributed by atoms with Crippen LogP contribution in [0.25, 0.3) is 0 Å². The molecule has 2 aliphatic rings. The van der Waals surface area contributed by atoms with Crippen molar-refractivity contribution in [3.63, 3.8) is 0 Å². The molecule has 0 bridgehead atoms. The number of nitrogens with one attached hydrogen (secondary N) is 1. The Morgan fingerprint density at radius 1 is 1.69 bits per heavy atom. The molecule has 0 saturated carbocycles. The Bertz CT molecular complexity index is 405. The van der Waals surface area contributed by atoms with Gasteiger partial charge in [0.25, 0.3) is 0 Å². The summed E-state index contributed by atoms with van der Waals surface area (Å²) in [6.07, 6.45) is 4.48. The highest BCUT2D eigenvalue weighted by Gasteiger charge is 2.35. The number of carbonyl (C=O) groups excluding carboxylic acids is 2. The van der Waals surface area contributed by atoms with E-state index in [-0.39, 0.29) is 18.0 Å². The Hall–Kier alpha value is -2.02.